The minimum Gasteiger partial charge on any atom is -0.399 e. The van der Waals surface area contributed by atoms with Gasteiger partial charge in [-0.1, -0.05) is 18.9 Å². The molecule has 1 unspecified atom stereocenters. The Kier molecular flexibility index (Phi) is 4.80. The van der Waals surface area contributed by atoms with Gasteiger partial charge in [0.05, 0.1) is 6.54 Å². The summed E-state index contributed by atoms with van der Waals surface area (Å²) in [5.74, 6) is 0.0411. The molecular weight excluding hydrogens is 238 g/mol. The fourth-order valence-corrected chi connectivity index (χ4v) is 2.57. The van der Waals surface area contributed by atoms with Crippen LogP contribution in [0.15, 0.2) is 24.3 Å². The lowest BCUT2D eigenvalue weighted by Gasteiger charge is -2.26. The molecule has 1 saturated heterocycles. The maximum atomic E-state index is 12.1. The third-order valence-electron chi connectivity index (χ3n) is 3.71. The Labute approximate surface area is 115 Å². The summed E-state index contributed by atoms with van der Waals surface area (Å²) in [4.78, 5) is 14.3. The van der Waals surface area contributed by atoms with E-state index in [0.717, 1.165) is 12.2 Å². The Morgan fingerprint density at radius 2 is 2.26 bits per heavy atom. The van der Waals surface area contributed by atoms with E-state index in [-0.39, 0.29) is 5.91 Å². The summed E-state index contributed by atoms with van der Waals surface area (Å²) >= 11 is 0. The topological polar surface area (TPSA) is 58.4 Å². The first-order valence-corrected chi connectivity index (χ1v) is 7.04. The molecule has 1 aromatic carbocycles. The Morgan fingerprint density at radius 3 is 3.05 bits per heavy atom. The second-order valence-corrected chi connectivity index (χ2v) is 5.34. The highest BCUT2D eigenvalue weighted by molar-refractivity contribution is 5.92. The molecule has 4 nitrogen and oxygen atoms in total. The molecule has 0 saturated carbocycles. The first-order valence-electron chi connectivity index (χ1n) is 7.04. The summed E-state index contributed by atoms with van der Waals surface area (Å²) in [5.41, 5.74) is 7.14. The third kappa shape index (κ3) is 4.24. The average molecular weight is 261 g/mol. The van der Waals surface area contributed by atoms with Gasteiger partial charge in [0.1, 0.15) is 0 Å². The quantitative estimate of drug-likeness (QED) is 0.822. The van der Waals surface area contributed by atoms with Crippen LogP contribution in [0.4, 0.5) is 11.4 Å². The van der Waals surface area contributed by atoms with Gasteiger partial charge in [0.15, 0.2) is 0 Å². The third-order valence-corrected chi connectivity index (χ3v) is 3.71. The lowest BCUT2D eigenvalue weighted by atomic mass is 10.1. The Morgan fingerprint density at radius 1 is 1.42 bits per heavy atom. The van der Waals surface area contributed by atoms with E-state index in [2.05, 4.69) is 17.1 Å². The van der Waals surface area contributed by atoms with Gasteiger partial charge in [-0.05, 0) is 44.5 Å². The highest BCUT2D eigenvalue weighted by Crippen LogP contribution is 2.16. The standard InChI is InChI=1S/C15H23N3O/c1-12-6-3-2-4-9-18(12)11-15(19)17-14-8-5-7-13(16)10-14/h5,7-8,10,12H,2-4,6,9,11,16H2,1H3,(H,17,19). The molecule has 1 aromatic rings. The van der Waals surface area contributed by atoms with E-state index in [4.69, 9.17) is 5.73 Å². The minimum absolute atomic E-state index is 0.0411. The smallest absolute Gasteiger partial charge is 0.238 e. The van der Waals surface area contributed by atoms with Crippen molar-refractivity contribution in [3.8, 4) is 0 Å². The predicted octanol–water partition coefficient (Wildman–Crippen LogP) is 2.47. The molecule has 0 radical (unpaired) electrons. The molecular formula is C15H23N3O. The SMILES string of the molecule is CC1CCCCCN1CC(=O)Nc1cccc(N)c1. The van der Waals surface area contributed by atoms with Crippen LogP contribution in [0.25, 0.3) is 0 Å². The lowest BCUT2D eigenvalue weighted by molar-refractivity contribution is -0.117. The highest BCUT2D eigenvalue weighted by atomic mass is 16.2. The second kappa shape index (κ2) is 6.57. The number of benzene rings is 1. The molecule has 19 heavy (non-hydrogen) atoms. The fraction of sp³-hybridized carbons (Fsp3) is 0.533. The van der Waals surface area contributed by atoms with E-state index in [0.29, 0.717) is 18.3 Å². The van der Waals surface area contributed by atoms with Crippen LogP contribution in [0.2, 0.25) is 0 Å². The van der Waals surface area contributed by atoms with Gasteiger partial charge < -0.3 is 11.1 Å². The van der Waals surface area contributed by atoms with E-state index < -0.39 is 0 Å². The van der Waals surface area contributed by atoms with Crippen molar-refractivity contribution in [3.05, 3.63) is 24.3 Å². The Hall–Kier alpha value is -1.55. The van der Waals surface area contributed by atoms with Crippen molar-refractivity contribution in [2.75, 3.05) is 24.1 Å². The van der Waals surface area contributed by atoms with E-state index >= 15 is 0 Å². The minimum atomic E-state index is 0.0411. The monoisotopic (exact) mass is 261 g/mol. The maximum absolute atomic E-state index is 12.1. The fourth-order valence-electron chi connectivity index (χ4n) is 2.57. The van der Waals surface area contributed by atoms with Crippen LogP contribution < -0.4 is 11.1 Å². The Balaban J connectivity index is 1.89. The first-order chi connectivity index (χ1) is 9.15. The summed E-state index contributed by atoms with van der Waals surface area (Å²) in [6.45, 7) is 3.70. The van der Waals surface area contributed by atoms with Gasteiger partial charge in [-0.15, -0.1) is 0 Å². The van der Waals surface area contributed by atoms with E-state index in [1.807, 2.05) is 18.2 Å². The second-order valence-electron chi connectivity index (χ2n) is 5.34. The molecule has 3 N–H and O–H groups in total. The number of nitrogens with zero attached hydrogens (tertiary/aromatic N) is 1. The van der Waals surface area contributed by atoms with Crippen LogP contribution in [0, 0.1) is 0 Å². The zero-order valence-corrected chi connectivity index (χ0v) is 11.6. The van der Waals surface area contributed by atoms with Gasteiger partial charge in [0.2, 0.25) is 5.91 Å². The molecule has 1 atom stereocenters. The molecule has 0 aliphatic carbocycles. The van der Waals surface area contributed by atoms with Crippen molar-refractivity contribution in [2.24, 2.45) is 0 Å². The number of hydrogen-bond donors (Lipinski definition) is 2. The highest BCUT2D eigenvalue weighted by Gasteiger charge is 2.19. The van der Waals surface area contributed by atoms with Gasteiger partial charge in [-0.3, -0.25) is 9.69 Å². The molecule has 0 spiro atoms. The molecule has 1 aliphatic heterocycles. The van der Waals surface area contributed by atoms with Gasteiger partial charge in [-0.25, -0.2) is 0 Å². The van der Waals surface area contributed by atoms with Crippen LogP contribution in [0.3, 0.4) is 0 Å². The zero-order valence-electron chi connectivity index (χ0n) is 11.6. The van der Waals surface area contributed by atoms with Gasteiger partial charge in [-0.2, -0.15) is 0 Å². The van der Waals surface area contributed by atoms with Crippen LogP contribution in [-0.4, -0.2) is 29.9 Å². The summed E-state index contributed by atoms with van der Waals surface area (Å²) in [6, 6.07) is 7.80. The van der Waals surface area contributed by atoms with Crippen LogP contribution >= 0.6 is 0 Å². The van der Waals surface area contributed by atoms with Crippen molar-refractivity contribution in [1.29, 1.82) is 0 Å². The Bertz CT molecular complexity index is 433. The van der Waals surface area contributed by atoms with Gasteiger partial charge >= 0.3 is 0 Å². The number of nitrogens with one attached hydrogen (secondary N) is 1. The van der Waals surface area contributed by atoms with Crippen molar-refractivity contribution in [3.63, 3.8) is 0 Å². The average Bonchev–Trinajstić information content (AvgIpc) is 2.55. The summed E-state index contributed by atoms with van der Waals surface area (Å²) in [7, 11) is 0. The molecule has 0 bridgehead atoms. The van der Waals surface area contributed by atoms with Crippen molar-refractivity contribution in [1.82, 2.24) is 4.90 Å². The number of likely N-dealkylation sites (tertiary alicyclic amines) is 1. The molecule has 2 rings (SSSR count). The van der Waals surface area contributed by atoms with Crippen molar-refractivity contribution < 1.29 is 4.79 Å². The number of nitrogens with two attached hydrogens (primary N) is 1. The van der Waals surface area contributed by atoms with E-state index in [1.54, 1.807) is 6.07 Å². The summed E-state index contributed by atoms with van der Waals surface area (Å²) in [6.07, 6.45) is 4.92. The number of carbonyl (C=O) groups is 1. The molecule has 1 heterocycles. The largest absolute Gasteiger partial charge is 0.399 e. The number of hydrogen-bond acceptors (Lipinski definition) is 3. The predicted molar refractivity (Wildman–Crippen MR) is 79.0 cm³/mol. The molecule has 104 valence electrons. The molecule has 1 amide bonds. The van der Waals surface area contributed by atoms with Crippen LogP contribution in [0.1, 0.15) is 32.6 Å². The summed E-state index contributed by atoms with van der Waals surface area (Å²) in [5, 5.41) is 2.91. The van der Waals surface area contributed by atoms with Crippen LogP contribution in [0.5, 0.6) is 0 Å². The normalized spacial score (nSPS) is 20.8. The lowest BCUT2D eigenvalue weighted by Crippen LogP contribution is -2.39. The molecule has 4 heteroatoms. The van der Waals surface area contributed by atoms with Gasteiger partial charge in [0.25, 0.3) is 0 Å². The summed E-state index contributed by atoms with van der Waals surface area (Å²) < 4.78 is 0. The van der Waals surface area contributed by atoms with Crippen molar-refractivity contribution >= 4 is 17.3 Å². The van der Waals surface area contributed by atoms with Crippen molar-refractivity contribution in [2.45, 2.75) is 38.6 Å². The van der Waals surface area contributed by atoms with Gasteiger partial charge in [0, 0.05) is 17.4 Å². The number of nitrogen functional groups attached to an aromatic ring is 1. The first kappa shape index (κ1) is 13.9. The molecule has 0 aromatic heterocycles. The number of anilines is 2. The van der Waals surface area contributed by atoms with Crippen LogP contribution in [-0.2, 0) is 4.79 Å². The molecule has 1 aliphatic rings. The number of amides is 1. The maximum Gasteiger partial charge on any atom is 0.238 e. The zero-order chi connectivity index (χ0) is 13.7. The number of carbonyl (C=O) groups excluding carboxylic acids is 1. The van der Waals surface area contributed by atoms with E-state index in [1.165, 1.54) is 25.7 Å². The molecule has 1 fully saturated rings. The number of rotatable bonds is 3. The van der Waals surface area contributed by atoms with E-state index in [9.17, 15) is 4.79 Å².